The summed E-state index contributed by atoms with van der Waals surface area (Å²) in [5, 5.41) is 3.39. The van der Waals surface area contributed by atoms with Crippen molar-refractivity contribution in [3.05, 3.63) is 23.8 Å². The Hall–Kier alpha value is -0.830. The van der Waals surface area contributed by atoms with Gasteiger partial charge in [0, 0.05) is 23.0 Å². The monoisotopic (exact) mass is 249 g/mol. The molecular weight excluding hydrogens is 230 g/mol. The molecule has 0 aromatic heterocycles. The number of fused-ring (bicyclic) bond motifs is 1. The maximum absolute atomic E-state index is 5.96. The molecule has 1 aromatic carbocycles. The van der Waals surface area contributed by atoms with Crippen LogP contribution in [-0.2, 0) is 6.42 Å². The summed E-state index contributed by atoms with van der Waals surface area (Å²) in [7, 11) is 0. The summed E-state index contributed by atoms with van der Waals surface area (Å²) in [6.45, 7) is 4.21. The van der Waals surface area contributed by atoms with Gasteiger partial charge in [0.1, 0.15) is 12.4 Å². The molecule has 2 nitrogen and oxygen atoms in total. The van der Waals surface area contributed by atoms with E-state index in [-0.39, 0.29) is 0 Å². The van der Waals surface area contributed by atoms with E-state index in [9.17, 15) is 0 Å². The van der Waals surface area contributed by atoms with Crippen molar-refractivity contribution in [3.8, 4) is 5.75 Å². The van der Waals surface area contributed by atoms with E-state index in [2.05, 4.69) is 30.4 Å². The van der Waals surface area contributed by atoms with Crippen LogP contribution in [-0.4, -0.2) is 23.7 Å². The summed E-state index contributed by atoms with van der Waals surface area (Å²) in [5.41, 5.74) is 2.67. The van der Waals surface area contributed by atoms with Crippen molar-refractivity contribution >= 4 is 17.4 Å². The lowest BCUT2D eigenvalue weighted by atomic mass is 10.1. The minimum Gasteiger partial charge on any atom is -0.492 e. The van der Waals surface area contributed by atoms with Gasteiger partial charge in [0.2, 0.25) is 0 Å². The van der Waals surface area contributed by atoms with Gasteiger partial charge >= 0.3 is 0 Å². The molecule has 0 bridgehead atoms. The third-order valence-electron chi connectivity index (χ3n) is 3.64. The zero-order valence-corrected chi connectivity index (χ0v) is 11.1. The molecule has 0 spiro atoms. The van der Waals surface area contributed by atoms with E-state index < -0.39 is 0 Å². The maximum Gasteiger partial charge on any atom is 0.121 e. The highest BCUT2D eigenvalue weighted by molar-refractivity contribution is 8.00. The molecule has 2 heterocycles. The molecule has 3 rings (SSSR count). The zero-order chi connectivity index (χ0) is 11.7. The zero-order valence-electron chi connectivity index (χ0n) is 10.3. The molecule has 0 saturated carbocycles. The predicted molar refractivity (Wildman–Crippen MR) is 74.2 cm³/mol. The second-order valence-electron chi connectivity index (χ2n) is 5.19. The van der Waals surface area contributed by atoms with Gasteiger partial charge in [-0.1, -0.05) is 6.07 Å². The molecule has 92 valence electrons. The van der Waals surface area contributed by atoms with Crippen molar-refractivity contribution < 1.29 is 4.74 Å². The first-order valence-electron chi connectivity index (χ1n) is 6.39. The van der Waals surface area contributed by atoms with Crippen LogP contribution in [0, 0.1) is 0 Å². The molecule has 1 atom stereocenters. The molecule has 1 unspecified atom stereocenters. The molecule has 1 aromatic rings. The minimum absolute atomic E-state index is 0.326. The normalized spacial score (nSPS) is 26.6. The van der Waals surface area contributed by atoms with Crippen LogP contribution < -0.4 is 10.1 Å². The average Bonchev–Trinajstić information content (AvgIpc) is 2.95. The van der Waals surface area contributed by atoms with E-state index in [0.717, 1.165) is 25.3 Å². The van der Waals surface area contributed by atoms with Gasteiger partial charge in [-0.25, -0.2) is 0 Å². The molecule has 1 fully saturated rings. The number of ether oxygens (including phenoxy) is 1. The molecular formula is C14H19NOS. The first-order chi connectivity index (χ1) is 8.25. The molecule has 1 N–H and O–H groups in total. The molecule has 0 aliphatic carbocycles. The highest BCUT2D eigenvalue weighted by Gasteiger charge is 2.30. The molecule has 2 aliphatic heterocycles. The predicted octanol–water partition coefficient (Wildman–Crippen LogP) is 3.32. The van der Waals surface area contributed by atoms with E-state index in [4.69, 9.17) is 4.74 Å². The van der Waals surface area contributed by atoms with E-state index >= 15 is 0 Å². The lowest BCUT2D eigenvalue weighted by molar-refractivity contribution is 0.276. The fraction of sp³-hybridized carbons (Fsp3) is 0.571. The Morgan fingerprint density at radius 1 is 1.47 bits per heavy atom. The minimum atomic E-state index is 0.326. The standard InChI is InChI=1S/C14H19NOS/c1-14(6-2-8-17-14)10-16-12-4-3-11-5-7-15-13(11)9-12/h3-4,9,15H,2,5-8,10H2,1H3. The van der Waals surface area contributed by atoms with Crippen molar-refractivity contribution in [1.29, 1.82) is 0 Å². The van der Waals surface area contributed by atoms with E-state index in [1.807, 2.05) is 11.8 Å². The Labute approximate surface area is 107 Å². The Morgan fingerprint density at radius 2 is 2.41 bits per heavy atom. The molecule has 0 radical (unpaired) electrons. The van der Waals surface area contributed by atoms with Crippen molar-refractivity contribution in [3.63, 3.8) is 0 Å². The molecule has 3 heteroatoms. The molecule has 1 saturated heterocycles. The maximum atomic E-state index is 5.96. The summed E-state index contributed by atoms with van der Waals surface area (Å²) in [5.74, 6) is 2.29. The molecule has 17 heavy (non-hydrogen) atoms. The number of hydrogen-bond acceptors (Lipinski definition) is 3. The average molecular weight is 249 g/mol. The first-order valence-corrected chi connectivity index (χ1v) is 7.37. The Bertz CT molecular complexity index is 413. The Kier molecular flexibility index (Phi) is 2.95. The largest absolute Gasteiger partial charge is 0.492 e. The van der Waals surface area contributed by atoms with Gasteiger partial charge < -0.3 is 10.1 Å². The third-order valence-corrected chi connectivity index (χ3v) is 5.15. The summed E-state index contributed by atoms with van der Waals surface area (Å²) < 4.78 is 6.28. The Morgan fingerprint density at radius 3 is 3.24 bits per heavy atom. The van der Waals surface area contributed by atoms with Gasteiger partial charge in [0.25, 0.3) is 0 Å². The Balaban J connectivity index is 1.65. The highest BCUT2D eigenvalue weighted by Crippen LogP contribution is 2.38. The van der Waals surface area contributed by atoms with Gasteiger partial charge in [-0.3, -0.25) is 0 Å². The summed E-state index contributed by atoms with van der Waals surface area (Å²) in [4.78, 5) is 0. The van der Waals surface area contributed by atoms with Gasteiger partial charge in [-0.15, -0.1) is 0 Å². The van der Waals surface area contributed by atoms with Crippen LogP contribution in [0.25, 0.3) is 0 Å². The number of nitrogens with one attached hydrogen (secondary N) is 1. The van der Waals surface area contributed by atoms with E-state index in [1.54, 1.807) is 0 Å². The van der Waals surface area contributed by atoms with Crippen LogP contribution in [0.2, 0.25) is 0 Å². The quantitative estimate of drug-likeness (QED) is 0.888. The number of thioether (sulfide) groups is 1. The van der Waals surface area contributed by atoms with E-state index in [0.29, 0.717) is 4.75 Å². The second-order valence-corrected chi connectivity index (χ2v) is 6.87. The lowest BCUT2D eigenvalue weighted by Crippen LogP contribution is -2.25. The van der Waals surface area contributed by atoms with Crippen LogP contribution in [0.1, 0.15) is 25.3 Å². The fourth-order valence-corrected chi connectivity index (χ4v) is 3.76. The summed E-state index contributed by atoms with van der Waals surface area (Å²) in [6.07, 6.45) is 3.75. The van der Waals surface area contributed by atoms with Gasteiger partial charge in [0.15, 0.2) is 0 Å². The van der Waals surface area contributed by atoms with Crippen molar-refractivity contribution in [2.75, 3.05) is 24.2 Å². The van der Waals surface area contributed by atoms with E-state index in [1.165, 1.54) is 29.8 Å². The smallest absolute Gasteiger partial charge is 0.121 e. The van der Waals surface area contributed by atoms with Crippen LogP contribution in [0.3, 0.4) is 0 Å². The fourth-order valence-electron chi connectivity index (χ4n) is 2.55. The first kappa shape index (κ1) is 11.3. The number of hydrogen-bond donors (Lipinski definition) is 1. The summed E-state index contributed by atoms with van der Waals surface area (Å²) in [6, 6.07) is 6.44. The number of rotatable bonds is 3. The number of anilines is 1. The van der Waals surface area contributed by atoms with Gasteiger partial charge in [0.05, 0.1) is 0 Å². The lowest BCUT2D eigenvalue weighted by Gasteiger charge is -2.22. The number of benzene rings is 1. The van der Waals surface area contributed by atoms with Gasteiger partial charge in [-0.2, -0.15) is 11.8 Å². The van der Waals surface area contributed by atoms with Crippen LogP contribution >= 0.6 is 11.8 Å². The molecule has 0 amide bonds. The highest BCUT2D eigenvalue weighted by atomic mass is 32.2. The molecule has 2 aliphatic rings. The summed E-state index contributed by atoms with van der Waals surface area (Å²) >= 11 is 2.05. The van der Waals surface area contributed by atoms with Crippen LogP contribution in [0.4, 0.5) is 5.69 Å². The van der Waals surface area contributed by atoms with Crippen LogP contribution in [0.15, 0.2) is 18.2 Å². The van der Waals surface area contributed by atoms with Gasteiger partial charge in [-0.05, 0) is 43.6 Å². The van der Waals surface area contributed by atoms with Crippen molar-refractivity contribution in [2.45, 2.75) is 30.9 Å². The SMILES string of the molecule is CC1(COc2ccc3c(c2)NCC3)CCCS1. The van der Waals surface area contributed by atoms with Crippen LogP contribution in [0.5, 0.6) is 5.75 Å². The third kappa shape index (κ3) is 2.39. The van der Waals surface area contributed by atoms with Crippen molar-refractivity contribution in [2.24, 2.45) is 0 Å². The van der Waals surface area contributed by atoms with Crippen molar-refractivity contribution in [1.82, 2.24) is 0 Å². The second kappa shape index (κ2) is 4.45. The topological polar surface area (TPSA) is 21.3 Å².